The summed E-state index contributed by atoms with van der Waals surface area (Å²) in [5.74, 6) is -0.607. The molecule has 1 saturated carbocycles. The van der Waals surface area contributed by atoms with E-state index in [4.69, 9.17) is 0 Å². The van der Waals surface area contributed by atoms with E-state index < -0.39 is 5.97 Å². The van der Waals surface area contributed by atoms with E-state index in [0.29, 0.717) is 17.9 Å². The minimum absolute atomic E-state index is 0.0631. The average molecular weight is 264 g/mol. The summed E-state index contributed by atoms with van der Waals surface area (Å²) in [4.78, 5) is 11.3. The molecule has 0 spiro atoms. The fourth-order valence-corrected chi connectivity index (χ4v) is 3.23. The second kappa shape index (κ2) is 6.18. The maximum absolute atomic E-state index is 13.7. The van der Waals surface area contributed by atoms with Crippen LogP contribution in [0, 0.1) is 23.6 Å². The van der Waals surface area contributed by atoms with Gasteiger partial charge in [0.2, 0.25) is 0 Å². The van der Waals surface area contributed by atoms with Crippen LogP contribution in [0.3, 0.4) is 0 Å². The van der Waals surface area contributed by atoms with E-state index in [0.717, 1.165) is 25.7 Å². The van der Waals surface area contributed by atoms with Crippen LogP contribution in [0.1, 0.15) is 38.2 Å². The van der Waals surface area contributed by atoms with Crippen LogP contribution in [-0.4, -0.2) is 11.1 Å². The third kappa shape index (κ3) is 3.34. The van der Waals surface area contributed by atoms with Crippen LogP contribution in [0.5, 0.6) is 0 Å². The van der Waals surface area contributed by atoms with Crippen molar-refractivity contribution in [1.29, 1.82) is 0 Å². The lowest BCUT2D eigenvalue weighted by Gasteiger charge is -2.33. The number of carboxylic acid groups (broad SMARTS) is 1. The van der Waals surface area contributed by atoms with Crippen molar-refractivity contribution in [1.82, 2.24) is 0 Å². The Morgan fingerprint density at radius 2 is 2.11 bits per heavy atom. The molecule has 1 fully saturated rings. The number of aliphatic carboxylic acids is 1. The smallest absolute Gasteiger partial charge is 0.306 e. The lowest BCUT2D eigenvalue weighted by atomic mass is 9.71. The van der Waals surface area contributed by atoms with Gasteiger partial charge in [0.15, 0.2) is 0 Å². The van der Waals surface area contributed by atoms with Crippen molar-refractivity contribution in [3.8, 4) is 0 Å². The molecule has 3 heteroatoms. The molecular formula is C16H21FO2. The molecule has 3 atom stereocenters. The van der Waals surface area contributed by atoms with Gasteiger partial charge in [-0.2, -0.15) is 0 Å². The quantitative estimate of drug-likeness (QED) is 0.895. The van der Waals surface area contributed by atoms with Crippen LogP contribution in [0.25, 0.3) is 0 Å². The molecule has 0 aliphatic heterocycles. The number of hydrogen-bond acceptors (Lipinski definition) is 1. The second-order valence-electron chi connectivity index (χ2n) is 5.59. The van der Waals surface area contributed by atoms with E-state index >= 15 is 0 Å². The zero-order valence-corrected chi connectivity index (χ0v) is 11.3. The van der Waals surface area contributed by atoms with Gasteiger partial charge in [-0.1, -0.05) is 31.5 Å². The maximum atomic E-state index is 13.7. The van der Waals surface area contributed by atoms with Crippen LogP contribution in [-0.2, 0) is 11.2 Å². The highest BCUT2D eigenvalue weighted by molar-refractivity contribution is 5.70. The fourth-order valence-electron chi connectivity index (χ4n) is 3.23. The van der Waals surface area contributed by atoms with Crippen molar-refractivity contribution in [2.45, 2.75) is 39.0 Å². The summed E-state index contributed by atoms with van der Waals surface area (Å²) in [7, 11) is 0. The van der Waals surface area contributed by atoms with Crippen molar-refractivity contribution in [2.24, 2.45) is 17.8 Å². The standard InChI is InChI=1S/C16H21FO2/c1-2-11-7-8-14(16(18)19)13(9-11)10-12-5-3-4-6-15(12)17/h3-6,11,13-14H,2,7-10H2,1H3,(H,18,19). The molecule has 0 saturated heterocycles. The summed E-state index contributed by atoms with van der Waals surface area (Å²) >= 11 is 0. The first kappa shape index (κ1) is 14.0. The zero-order valence-electron chi connectivity index (χ0n) is 11.3. The lowest BCUT2D eigenvalue weighted by molar-refractivity contribution is -0.145. The van der Waals surface area contributed by atoms with Gasteiger partial charge in [-0.3, -0.25) is 4.79 Å². The van der Waals surface area contributed by atoms with Crippen molar-refractivity contribution in [2.75, 3.05) is 0 Å². The van der Waals surface area contributed by atoms with E-state index in [1.165, 1.54) is 6.07 Å². The number of hydrogen-bond donors (Lipinski definition) is 1. The summed E-state index contributed by atoms with van der Waals surface area (Å²) in [5.41, 5.74) is 0.649. The van der Waals surface area contributed by atoms with Gasteiger partial charge in [0.05, 0.1) is 5.92 Å². The molecule has 2 nitrogen and oxygen atoms in total. The predicted molar refractivity (Wildman–Crippen MR) is 72.4 cm³/mol. The number of benzene rings is 1. The zero-order chi connectivity index (χ0) is 13.8. The molecule has 0 aromatic heterocycles. The van der Waals surface area contributed by atoms with Crippen LogP contribution in [0.2, 0.25) is 0 Å². The minimum Gasteiger partial charge on any atom is -0.481 e. The molecule has 1 aromatic carbocycles. The van der Waals surface area contributed by atoms with Crippen LogP contribution >= 0.6 is 0 Å². The molecule has 1 aliphatic rings. The Kier molecular flexibility index (Phi) is 4.56. The normalized spacial score (nSPS) is 27.2. The average Bonchev–Trinajstić information content (AvgIpc) is 2.41. The number of carboxylic acids is 1. The van der Waals surface area contributed by atoms with E-state index in [1.54, 1.807) is 12.1 Å². The van der Waals surface area contributed by atoms with Crippen LogP contribution in [0.4, 0.5) is 4.39 Å². The van der Waals surface area contributed by atoms with Gasteiger partial charge in [0.25, 0.3) is 0 Å². The van der Waals surface area contributed by atoms with E-state index in [-0.39, 0.29) is 17.7 Å². The Morgan fingerprint density at radius 1 is 1.37 bits per heavy atom. The minimum atomic E-state index is -0.726. The van der Waals surface area contributed by atoms with Crippen molar-refractivity contribution < 1.29 is 14.3 Å². The lowest BCUT2D eigenvalue weighted by Crippen LogP contribution is -2.32. The SMILES string of the molecule is CCC1CCC(C(=O)O)C(Cc2ccccc2F)C1. The molecule has 1 N–H and O–H groups in total. The molecule has 0 bridgehead atoms. The second-order valence-corrected chi connectivity index (χ2v) is 5.59. The van der Waals surface area contributed by atoms with Gasteiger partial charge in [0.1, 0.15) is 5.82 Å². The Labute approximate surface area is 113 Å². The van der Waals surface area contributed by atoms with Crippen LogP contribution < -0.4 is 0 Å². The summed E-state index contributed by atoms with van der Waals surface area (Å²) < 4.78 is 13.7. The Hall–Kier alpha value is -1.38. The van der Waals surface area contributed by atoms with Gasteiger partial charge in [0, 0.05) is 0 Å². The molecule has 104 valence electrons. The monoisotopic (exact) mass is 264 g/mol. The topological polar surface area (TPSA) is 37.3 Å². The largest absolute Gasteiger partial charge is 0.481 e. The number of carbonyl (C=O) groups is 1. The third-order valence-corrected chi connectivity index (χ3v) is 4.43. The number of rotatable bonds is 4. The maximum Gasteiger partial charge on any atom is 0.306 e. The summed E-state index contributed by atoms with van der Waals surface area (Å²) in [5, 5.41) is 9.32. The fraction of sp³-hybridized carbons (Fsp3) is 0.562. The molecule has 0 amide bonds. The van der Waals surface area contributed by atoms with Gasteiger partial charge in [-0.15, -0.1) is 0 Å². The first-order chi connectivity index (χ1) is 9.11. The van der Waals surface area contributed by atoms with Crippen molar-refractivity contribution in [3.63, 3.8) is 0 Å². The number of halogens is 1. The first-order valence-corrected chi connectivity index (χ1v) is 7.08. The molecule has 19 heavy (non-hydrogen) atoms. The van der Waals surface area contributed by atoms with Gasteiger partial charge in [-0.05, 0) is 49.1 Å². The summed E-state index contributed by atoms with van der Waals surface area (Å²) in [6.07, 6.45) is 4.25. The molecule has 1 aliphatic carbocycles. The molecule has 1 aromatic rings. The molecular weight excluding hydrogens is 243 g/mol. The van der Waals surface area contributed by atoms with Crippen LogP contribution in [0.15, 0.2) is 24.3 Å². The van der Waals surface area contributed by atoms with Crippen molar-refractivity contribution in [3.05, 3.63) is 35.6 Å². The van der Waals surface area contributed by atoms with E-state index in [9.17, 15) is 14.3 Å². The highest BCUT2D eigenvalue weighted by Gasteiger charge is 2.34. The van der Waals surface area contributed by atoms with E-state index in [2.05, 4.69) is 6.92 Å². The highest BCUT2D eigenvalue weighted by atomic mass is 19.1. The van der Waals surface area contributed by atoms with Gasteiger partial charge >= 0.3 is 5.97 Å². The molecule has 3 unspecified atom stereocenters. The van der Waals surface area contributed by atoms with E-state index in [1.807, 2.05) is 6.07 Å². The Bertz CT molecular complexity index is 444. The summed E-state index contributed by atoms with van der Waals surface area (Å²) in [6, 6.07) is 6.70. The Morgan fingerprint density at radius 3 is 2.74 bits per heavy atom. The van der Waals surface area contributed by atoms with Gasteiger partial charge < -0.3 is 5.11 Å². The molecule has 2 rings (SSSR count). The van der Waals surface area contributed by atoms with Gasteiger partial charge in [-0.25, -0.2) is 4.39 Å². The molecule has 0 heterocycles. The Balaban J connectivity index is 2.13. The van der Waals surface area contributed by atoms with Crippen molar-refractivity contribution >= 4 is 5.97 Å². The highest BCUT2D eigenvalue weighted by Crippen LogP contribution is 2.37. The predicted octanol–water partition coefficient (Wildman–Crippen LogP) is 3.90. The third-order valence-electron chi connectivity index (χ3n) is 4.43. The first-order valence-electron chi connectivity index (χ1n) is 7.08. The molecule has 0 radical (unpaired) electrons. The summed E-state index contributed by atoms with van der Waals surface area (Å²) in [6.45, 7) is 2.14.